The predicted molar refractivity (Wildman–Crippen MR) is 160 cm³/mol. The number of allylic oxidation sites excluding steroid dienone is 3. The van der Waals surface area contributed by atoms with E-state index in [-0.39, 0.29) is 11.9 Å². The summed E-state index contributed by atoms with van der Waals surface area (Å²) in [7, 11) is 0. The molecule has 40 heavy (non-hydrogen) atoms. The topological polar surface area (TPSA) is 88.5 Å². The SMILES string of the molecule is C/C(=C/C(C)=C(\C)CNC(=O)c1cc(-c2ccc(CN3CCOCC3)nc2)cc2c1c(C)cn2C(C)C)NC=O. The first-order valence-electron chi connectivity index (χ1n) is 13.9. The number of nitrogens with zero attached hydrogens (tertiary/aromatic N) is 3. The Labute approximate surface area is 237 Å². The fourth-order valence-electron chi connectivity index (χ4n) is 5.07. The largest absolute Gasteiger partial charge is 0.379 e. The Morgan fingerprint density at radius 1 is 1.12 bits per heavy atom. The van der Waals surface area contributed by atoms with Crippen molar-refractivity contribution in [3.05, 3.63) is 76.4 Å². The lowest BCUT2D eigenvalue weighted by Gasteiger charge is -2.26. The van der Waals surface area contributed by atoms with Crippen LogP contribution in [0.3, 0.4) is 0 Å². The molecule has 0 atom stereocenters. The van der Waals surface area contributed by atoms with Gasteiger partial charge >= 0.3 is 0 Å². The number of ether oxygens (including phenoxy) is 1. The lowest BCUT2D eigenvalue weighted by molar-refractivity contribution is -0.108. The van der Waals surface area contributed by atoms with Gasteiger partial charge in [0.15, 0.2) is 0 Å². The summed E-state index contributed by atoms with van der Waals surface area (Å²) in [5, 5.41) is 6.74. The molecule has 3 aromatic rings. The second kappa shape index (κ2) is 13.1. The monoisotopic (exact) mass is 543 g/mol. The molecule has 2 amide bonds. The third-order valence-corrected chi connectivity index (χ3v) is 7.48. The summed E-state index contributed by atoms with van der Waals surface area (Å²) in [6.45, 7) is 16.7. The van der Waals surface area contributed by atoms with Crippen molar-refractivity contribution in [2.24, 2.45) is 0 Å². The van der Waals surface area contributed by atoms with Gasteiger partial charge in [0, 0.05) is 72.3 Å². The highest BCUT2D eigenvalue weighted by atomic mass is 16.5. The van der Waals surface area contributed by atoms with Gasteiger partial charge in [-0.05, 0) is 82.5 Å². The molecule has 8 heteroatoms. The summed E-state index contributed by atoms with van der Waals surface area (Å²) >= 11 is 0. The van der Waals surface area contributed by atoms with Crippen LogP contribution in [0, 0.1) is 6.92 Å². The van der Waals surface area contributed by atoms with Crippen molar-refractivity contribution in [1.29, 1.82) is 0 Å². The van der Waals surface area contributed by atoms with Crippen molar-refractivity contribution in [1.82, 2.24) is 25.1 Å². The van der Waals surface area contributed by atoms with E-state index in [1.165, 1.54) is 0 Å². The molecule has 2 aromatic heterocycles. The number of nitrogens with one attached hydrogen (secondary N) is 2. The van der Waals surface area contributed by atoms with Crippen molar-refractivity contribution in [2.75, 3.05) is 32.8 Å². The minimum atomic E-state index is -0.118. The number of benzene rings is 1. The zero-order valence-corrected chi connectivity index (χ0v) is 24.5. The van der Waals surface area contributed by atoms with Crippen LogP contribution >= 0.6 is 0 Å². The molecule has 3 heterocycles. The van der Waals surface area contributed by atoms with E-state index in [0.29, 0.717) is 18.5 Å². The highest BCUT2D eigenvalue weighted by Gasteiger charge is 2.19. The van der Waals surface area contributed by atoms with Gasteiger partial charge in [0.1, 0.15) is 0 Å². The molecule has 0 aliphatic carbocycles. The molecule has 4 rings (SSSR count). The minimum absolute atomic E-state index is 0.118. The molecule has 0 bridgehead atoms. The average Bonchev–Trinajstić information content (AvgIpc) is 3.28. The molecule has 1 aliphatic rings. The first kappa shape index (κ1) is 29.2. The molecule has 8 nitrogen and oxygen atoms in total. The number of aryl methyl sites for hydroxylation is 1. The van der Waals surface area contributed by atoms with Crippen LogP contribution in [0.2, 0.25) is 0 Å². The number of carbonyl (C=O) groups excluding carboxylic acids is 2. The van der Waals surface area contributed by atoms with Crippen LogP contribution in [0.15, 0.2) is 59.6 Å². The maximum Gasteiger partial charge on any atom is 0.252 e. The normalized spacial score (nSPS) is 15.3. The second-order valence-electron chi connectivity index (χ2n) is 10.9. The Morgan fingerprint density at radius 2 is 1.88 bits per heavy atom. The van der Waals surface area contributed by atoms with Crippen LogP contribution in [-0.4, -0.2) is 59.6 Å². The van der Waals surface area contributed by atoms with E-state index in [4.69, 9.17) is 9.72 Å². The maximum atomic E-state index is 13.7. The fraction of sp³-hybridized carbons (Fsp3) is 0.406. The molecule has 1 aliphatic heterocycles. The molecule has 1 fully saturated rings. The highest BCUT2D eigenvalue weighted by molar-refractivity contribution is 6.09. The number of rotatable bonds is 10. The number of aromatic nitrogens is 2. The Morgan fingerprint density at radius 3 is 2.52 bits per heavy atom. The van der Waals surface area contributed by atoms with Crippen molar-refractivity contribution in [3.8, 4) is 11.1 Å². The van der Waals surface area contributed by atoms with Gasteiger partial charge in [0.05, 0.1) is 18.9 Å². The molecule has 1 aromatic carbocycles. The summed E-state index contributed by atoms with van der Waals surface area (Å²) in [5.74, 6) is -0.118. The predicted octanol–water partition coefficient (Wildman–Crippen LogP) is 5.14. The van der Waals surface area contributed by atoms with Gasteiger partial charge in [-0.15, -0.1) is 0 Å². The molecule has 0 spiro atoms. The zero-order chi connectivity index (χ0) is 28.8. The molecule has 0 saturated carbocycles. The van der Waals surface area contributed by atoms with E-state index in [1.54, 1.807) is 0 Å². The average molecular weight is 544 g/mol. The Kier molecular flexibility index (Phi) is 9.55. The third kappa shape index (κ3) is 6.87. The van der Waals surface area contributed by atoms with Crippen molar-refractivity contribution in [3.63, 3.8) is 0 Å². The van der Waals surface area contributed by atoms with E-state index in [9.17, 15) is 9.59 Å². The Balaban J connectivity index is 1.65. The van der Waals surface area contributed by atoms with Crippen molar-refractivity contribution in [2.45, 2.75) is 54.1 Å². The number of hydrogen-bond donors (Lipinski definition) is 2. The van der Waals surface area contributed by atoms with E-state index in [2.05, 4.69) is 65.3 Å². The molecule has 212 valence electrons. The minimum Gasteiger partial charge on any atom is -0.379 e. The molecule has 1 saturated heterocycles. The number of hydrogen-bond acceptors (Lipinski definition) is 5. The molecule has 0 radical (unpaired) electrons. The van der Waals surface area contributed by atoms with Gasteiger partial charge in [-0.25, -0.2) is 0 Å². The van der Waals surface area contributed by atoms with Gasteiger partial charge < -0.3 is 19.9 Å². The zero-order valence-electron chi connectivity index (χ0n) is 24.5. The van der Waals surface area contributed by atoms with Gasteiger partial charge in [-0.1, -0.05) is 11.6 Å². The number of amides is 2. The lowest BCUT2D eigenvalue weighted by Crippen LogP contribution is -2.35. The van der Waals surface area contributed by atoms with E-state index in [1.807, 2.05) is 39.1 Å². The highest BCUT2D eigenvalue weighted by Crippen LogP contribution is 2.33. The summed E-state index contributed by atoms with van der Waals surface area (Å²) < 4.78 is 7.69. The summed E-state index contributed by atoms with van der Waals surface area (Å²) in [6, 6.07) is 8.57. The van der Waals surface area contributed by atoms with Gasteiger partial charge in [0.25, 0.3) is 5.91 Å². The number of carbonyl (C=O) groups is 2. The second-order valence-corrected chi connectivity index (χ2v) is 10.9. The number of pyridine rings is 1. The van der Waals surface area contributed by atoms with Crippen LogP contribution in [0.4, 0.5) is 0 Å². The van der Waals surface area contributed by atoms with Gasteiger partial charge in [-0.2, -0.15) is 0 Å². The first-order valence-corrected chi connectivity index (χ1v) is 13.9. The molecule has 2 N–H and O–H groups in total. The van der Waals surface area contributed by atoms with Crippen molar-refractivity contribution >= 4 is 23.2 Å². The quantitative estimate of drug-likeness (QED) is 0.273. The fourth-order valence-corrected chi connectivity index (χ4v) is 5.07. The van der Waals surface area contributed by atoms with Crippen LogP contribution in [0.1, 0.15) is 62.3 Å². The Hall–Kier alpha value is -3.75. The van der Waals surface area contributed by atoms with Crippen molar-refractivity contribution < 1.29 is 14.3 Å². The van der Waals surface area contributed by atoms with Crippen LogP contribution in [-0.2, 0) is 16.1 Å². The third-order valence-electron chi connectivity index (χ3n) is 7.48. The lowest BCUT2D eigenvalue weighted by atomic mass is 9.98. The van der Waals surface area contributed by atoms with Gasteiger partial charge in [-0.3, -0.25) is 19.5 Å². The number of fused-ring (bicyclic) bond motifs is 1. The van der Waals surface area contributed by atoms with Crippen LogP contribution in [0.5, 0.6) is 0 Å². The van der Waals surface area contributed by atoms with Gasteiger partial charge in [0.2, 0.25) is 6.41 Å². The van der Waals surface area contributed by atoms with Crippen LogP contribution in [0.25, 0.3) is 22.0 Å². The number of morpholine rings is 1. The molecular weight excluding hydrogens is 502 g/mol. The summed E-state index contributed by atoms with van der Waals surface area (Å²) in [6.07, 6.45) is 6.60. The standard InChI is InChI=1S/C32H41N5O3/c1-21(2)37-18-24(5)31-29(32(39)34-16-23(4)22(3)13-25(6)35-20-38)14-27(15-30(31)37)26-7-8-28(33-17-26)19-36-9-11-40-12-10-36/h7-8,13-15,17-18,20-21H,9-12,16,19H2,1-6H3,(H,34,39)(H,35,38)/b23-22+,25-13-. The molecular formula is C32H41N5O3. The van der Waals surface area contributed by atoms with Crippen LogP contribution < -0.4 is 10.6 Å². The first-order chi connectivity index (χ1) is 19.2. The molecule has 0 unspecified atom stereocenters. The van der Waals surface area contributed by atoms with E-state index < -0.39 is 0 Å². The Bertz CT molecular complexity index is 1430. The van der Waals surface area contributed by atoms with E-state index in [0.717, 1.165) is 83.0 Å². The maximum absolute atomic E-state index is 13.7. The van der Waals surface area contributed by atoms with E-state index >= 15 is 0 Å². The summed E-state index contributed by atoms with van der Waals surface area (Å²) in [4.78, 5) is 31.5. The smallest absolute Gasteiger partial charge is 0.252 e. The summed E-state index contributed by atoms with van der Waals surface area (Å²) in [5.41, 5.74) is 8.49.